The molecule has 108 valence electrons. The Balaban J connectivity index is 1.78. The summed E-state index contributed by atoms with van der Waals surface area (Å²) in [7, 11) is 0. The summed E-state index contributed by atoms with van der Waals surface area (Å²) in [4.78, 5) is 15.1. The normalized spacial score (nSPS) is 35.6. The van der Waals surface area contributed by atoms with E-state index in [0.717, 1.165) is 19.4 Å². The monoisotopic (exact) mass is 264 g/mol. The van der Waals surface area contributed by atoms with E-state index in [2.05, 4.69) is 37.9 Å². The molecule has 1 saturated heterocycles. The molecule has 2 aliphatic carbocycles. The lowest BCUT2D eigenvalue weighted by molar-refractivity contribution is -0.133. The third kappa shape index (κ3) is 2.10. The fraction of sp³-hybridized carbons (Fsp3) is 0.938. The van der Waals surface area contributed by atoms with Crippen LogP contribution < -0.4 is 5.32 Å². The molecular formula is C16H28N2O. The minimum atomic E-state index is -0.200. The molecule has 3 heteroatoms. The Labute approximate surface area is 117 Å². The topological polar surface area (TPSA) is 32.3 Å². The average Bonchev–Trinajstić information content (AvgIpc) is 2.72. The maximum absolute atomic E-state index is 12.9. The van der Waals surface area contributed by atoms with E-state index in [1.165, 1.54) is 19.3 Å². The first-order chi connectivity index (χ1) is 8.86. The van der Waals surface area contributed by atoms with Crippen molar-refractivity contribution in [3.63, 3.8) is 0 Å². The molecule has 1 aliphatic heterocycles. The molecule has 0 aromatic rings. The van der Waals surface area contributed by atoms with Crippen LogP contribution in [0.1, 0.15) is 59.8 Å². The van der Waals surface area contributed by atoms with Gasteiger partial charge >= 0.3 is 0 Å². The SMILES string of the molecule is CC(C)C1NC2(CCCC2)C(=O)N1CC1CC1(C)C. The standard InChI is InChI=1S/C16H28N2O/c1-11(2)13-17-16(7-5-6-8-16)14(19)18(13)10-12-9-15(12,3)4/h11-13,17H,5-10H2,1-4H3. The zero-order chi connectivity index (χ0) is 13.8. The summed E-state index contributed by atoms with van der Waals surface area (Å²) in [5, 5.41) is 3.70. The quantitative estimate of drug-likeness (QED) is 0.850. The van der Waals surface area contributed by atoms with Crippen LogP contribution in [-0.4, -0.2) is 29.1 Å². The number of hydrogen-bond acceptors (Lipinski definition) is 2. The number of carbonyl (C=O) groups is 1. The first kappa shape index (κ1) is 13.4. The molecule has 1 spiro atoms. The van der Waals surface area contributed by atoms with Gasteiger partial charge in [0.15, 0.2) is 0 Å². The van der Waals surface area contributed by atoms with Gasteiger partial charge in [-0.05, 0) is 36.5 Å². The number of rotatable bonds is 3. The van der Waals surface area contributed by atoms with Crippen LogP contribution in [0.25, 0.3) is 0 Å². The van der Waals surface area contributed by atoms with Gasteiger partial charge in [0.2, 0.25) is 5.91 Å². The van der Waals surface area contributed by atoms with E-state index in [9.17, 15) is 4.79 Å². The summed E-state index contributed by atoms with van der Waals surface area (Å²) < 4.78 is 0. The maximum Gasteiger partial charge on any atom is 0.244 e. The van der Waals surface area contributed by atoms with Crippen molar-refractivity contribution in [3.8, 4) is 0 Å². The highest BCUT2D eigenvalue weighted by Crippen LogP contribution is 2.52. The van der Waals surface area contributed by atoms with Crippen LogP contribution in [0.2, 0.25) is 0 Å². The molecule has 19 heavy (non-hydrogen) atoms. The molecule has 0 bridgehead atoms. The molecule has 1 heterocycles. The molecule has 2 unspecified atom stereocenters. The Morgan fingerprint density at radius 1 is 1.32 bits per heavy atom. The van der Waals surface area contributed by atoms with Crippen molar-refractivity contribution in [1.29, 1.82) is 0 Å². The highest BCUT2D eigenvalue weighted by atomic mass is 16.2. The Kier molecular flexibility index (Phi) is 2.97. The number of carbonyl (C=O) groups excluding carboxylic acids is 1. The summed E-state index contributed by atoms with van der Waals surface area (Å²) in [6, 6.07) is 0. The molecule has 3 rings (SSSR count). The Morgan fingerprint density at radius 2 is 1.89 bits per heavy atom. The molecule has 1 amide bonds. The van der Waals surface area contributed by atoms with E-state index in [-0.39, 0.29) is 11.7 Å². The number of nitrogens with zero attached hydrogens (tertiary/aromatic N) is 1. The average molecular weight is 264 g/mol. The lowest BCUT2D eigenvalue weighted by Crippen LogP contribution is -2.45. The fourth-order valence-corrected chi connectivity index (χ4v) is 4.01. The smallest absolute Gasteiger partial charge is 0.244 e. The van der Waals surface area contributed by atoms with Gasteiger partial charge in [-0.3, -0.25) is 10.1 Å². The highest BCUT2D eigenvalue weighted by Gasteiger charge is 2.55. The van der Waals surface area contributed by atoms with Gasteiger partial charge in [0.05, 0.1) is 11.7 Å². The van der Waals surface area contributed by atoms with E-state index < -0.39 is 0 Å². The van der Waals surface area contributed by atoms with Gasteiger partial charge in [0.25, 0.3) is 0 Å². The van der Waals surface area contributed by atoms with Gasteiger partial charge in [-0.25, -0.2) is 0 Å². The molecule has 3 nitrogen and oxygen atoms in total. The van der Waals surface area contributed by atoms with Crippen molar-refractivity contribution < 1.29 is 4.79 Å². The molecule has 2 atom stereocenters. The lowest BCUT2D eigenvalue weighted by atomic mass is 9.98. The van der Waals surface area contributed by atoms with E-state index in [4.69, 9.17) is 0 Å². The van der Waals surface area contributed by atoms with Crippen molar-refractivity contribution in [3.05, 3.63) is 0 Å². The minimum Gasteiger partial charge on any atom is -0.325 e. The first-order valence-corrected chi connectivity index (χ1v) is 7.94. The Bertz CT molecular complexity index is 382. The van der Waals surface area contributed by atoms with Crippen LogP contribution in [0.3, 0.4) is 0 Å². The van der Waals surface area contributed by atoms with Crippen LogP contribution in [-0.2, 0) is 4.79 Å². The fourth-order valence-electron chi connectivity index (χ4n) is 4.01. The maximum atomic E-state index is 12.9. The predicted molar refractivity (Wildman–Crippen MR) is 76.6 cm³/mol. The number of amides is 1. The van der Waals surface area contributed by atoms with Crippen LogP contribution in [0.4, 0.5) is 0 Å². The second kappa shape index (κ2) is 4.21. The summed E-state index contributed by atoms with van der Waals surface area (Å²) in [5.41, 5.74) is 0.251. The third-order valence-corrected chi connectivity index (χ3v) is 5.65. The van der Waals surface area contributed by atoms with E-state index >= 15 is 0 Å². The van der Waals surface area contributed by atoms with Crippen LogP contribution in [0.15, 0.2) is 0 Å². The molecule has 0 aromatic heterocycles. The van der Waals surface area contributed by atoms with Crippen molar-refractivity contribution in [2.75, 3.05) is 6.54 Å². The van der Waals surface area contributed by atoms with Crippen molar-refractivity contribution in [1.82, 2.24) is 10.2 Å². The molecule has 1 N–H and O–H groups in total. The second-order valence-corrected chi connectivity index (χ2v) is 7.97. The molecule has 2 saturated carbocycles. The van der Waals surface area contributed by atoms with Gasteiger partial charge in [0.1, 0.15) is 0 Å². The Hall–Kier alpha value is -0.570. The third-order valence-electron chi connectivity index (χ3n) is 5.65. The lowest BCUT2D eigenvalue weighted by Gasteiger charge is -2.27. The van der Waals surface area contributed by atoms with Crippen LogP contribution in [0, 0.1) is 17.3 Å². The van der Waals surface area contributed by atoms with Gasteiger partial charge in [0, 0.05) is 6.54 Å². The molecule has 0 aromatic carbocycles. The van der Waals surface area contributed by atoms with Crippen LogP contribution in [0.5, 0.6) is 0 Å². The number of nitrogens with one attached hydrogen (secondary N) is 1. The van der Waals surface area contributed by atoms with Gasteiger partial charge in [-0.15, -0.1) is 0 Å². The van der Waals surface area contributed by atoms with E-state index in [0.29, 0.717) is 23.2 Å². The Morgan fingerprint density at radius 3 is 2.37 bits per heavy atom. The highest BCUT2D eigenvalue weighted by molar-refractivity contribution is 5.89. The summed E-state index contributed by atoms with van der Waals surface area (Å²) in [5.74, 6) is 1.59. The predicted octanol–water partition coefficient (Wildman–Crippen LogP) is 2.76. The largest absolute Gasteiger partial charge is 0.325 e. The van der Waals surface area contributed by atoms with Gasteiger partial charge in [-0.2, -0.15) is 0 Å². The minimum absolute atomic E-state index is 0.200. The summed E-state index contributed by atoms with van der Waals surface area (Å²) >= 11 is 0. The van der Waals surface area contributed by atoms with Crippen molar-refractivity contribution >= 4 is 5.91 Å². The van der Waals surface area contributed by atoms with Crippen LogP contribution >= 0.6 is 0 Å². The molecular weight excluding hydrogens is 236 g/mol. The summed E-state index contributed by atoms with van der Waals surface area (Å²) in [6.07, 6.45) is 6.01. The van der Waals surface area contributed by atoms with Crippen molar-refractivity contribution in [2.24, 2.45) is 17.3 Å². The van der Waals surface area contributed by atoms with Gasteiger partial charge < -0.3 is 4.90 Å². The molecule has 0 radical (unpaired) electrons. The van der Waals surface area contributed by atoms with Gasteiger partial charge in [-0.1, -0.05) is 40.5 Å². The first-order valence-electron chi connectivity index (χ1n) is 7.94. The second-order valence-electron chi connectivity index (χ2n) is 7.97. The van der Waals surface area contributed by atoms with Crippen molar-refractivity contribution in [2.45, 2.75) is 71.5 Å². The molecule has 3 fully saturated rings. The van der Waals surface area contributed by atoms with E-state index in [1.807, 2.05) is 0 Å². The zero-order valence-electron chi connectivity index (χ0n) is 12.8. The number of hydrogen-bond donors (Lipinski definition) is 1. The van der Waals surface area contributed by atoms with E-state index in [1.54, 1.807) is 0 Å². The molecule has 3 aliphatic rings. The zero-order valence-corrected chi connectivity index (χ0v) is 12.8. The summed E-state index contributed by atoms with van der Waals surface area (Å²) in [6.45, 7) is 10.1.